The smallest absolute Gasteiger partial charge is 0.0582 e. The van der Waals surface area contributed by atoms with Crippen LogP contribution in [-0.2, 0) is 10.8 Å². The first kappa shape index (κ1) is 31.2. The summed E-state index contributed by atoms with van der Waals surface area (Å²) in [7, 11) is 0. The van der Waals surface area contributed by atoms with Crippen LogP contribution in [0.4, 0.5) is 17.1 Å². The molecule has 0 amide bonds. The standard InChI is InChI=1S/C52H40N2/c1-51(2)44-16-8-7-14-40(44)41-28-27-39(32-47(41)51)53(38-26-22-33-12-5-6-13-35(33)30-38)37-24-20-34(21-25-37)36-23-29-48-43(31-36)42-15-11-18-46-50(42)54(48)49-19-10-9-17-45(49)52(46,3)4/h5-32H,1-4H3. The molecule has 0 saturated heterocycles. The number of benzene rings is 8. The van der Waals surface area contributed by atoms with Crippen LogP contribution in [-0.4, -0.2) is 4.57 Å². The van der Waals surface area contributed by atoms with Crippen LogP contribution in [0.3, 0.4) is 0 Å². The first-order valence-corrected chi connectivity index (χ1v) is 19.1. The van der Waals surface area contributed by atoms with Crippen LogP contribution >= 0.6 is 0 Å². The lowest BCUT2D eigenvalue weighted by Gasteiger charge is -2.34. The Morgan fingerprint density at radius 1 is 0.407 bits per heavy atom. The predicted octanol–water partition coefficient (Wildman–Crippen LogP) is 14.0. The monoisotopic (exact) mass is 692 g/mol. The van der Waals surface area contributed by atoms with E-state index in [-0.39, 0.29) is 10.8 Å². The molecule has 0 unspecified atom stereocenters. The molecule has 11 rings (SSSR count). The molecule has 2 nitrogen and oxygen atoms in total. The van der Waals surface area contributed by atoms with Crippen molar-refractivity contribution in [3.05, 3.63) is 192 Å². The predicted molar refractivity (Wildman–Crippen MR) is 228 cm³/mol. The molecule has 1 aliphatic carbocycles. The van der Waals surface area contributed by atoms with Gasteiger partial charge in [-0.25, -0.2) is 0 Å². The van der Waals surface area contributed by atoms with E-state index in [1.165, 1.54) is 82.8 Å². The number of anilines is 3. The summed E-state index contributed by atoms with van der Waals surface area (Å²) < 4.78 is 2.49. The van der Waals surface area contributed by atoms with Crippen molar-refractivity contribution >= 4 is 49.6 Å². The molecule has 9 aromatic rings. The van der Waals surface area contributed by atoms with Crippen LogP contribution < -0.4 is 4.90 Å². The van der Waals surface area contributed by atoms with Crippen molar-refractivity contribution in [2.75, 3.05) is 4.90 Å². The van der Waals surface area contributed by atoms with Crippen LogP contribution in [0, 0.1) is 0 Å². The molecule has 0 spiro atoms. The lowest BCUT2D eigenvalue weighted by Crippen LogP contribution is -2.26. The highest BCUT2D eigenvalue weighted by Gasteiger charge is 2.36. The van der Waals surface area contributed by atoms with E-state index >= 15 is 0 Å². The molecular weight excluding hydrogens is 653 g/mol. The number of fused-ring (bicyclic) bond motifs is 9. The average Bonchev–Trinajstić information content (AvgIpc) is 3.66. The molecule has 0 N–H and O–H groups in total. The average molecular weight is 693 g/mol. The second-order valence-corrected chi connectivity index (χ2v) is 16.2. The maximum atomic E-state index is 2.49. The van der Waals surface area contributed by atoms with E-state index in [4.69, 9.17) is 0 Å². The van der Waals surface area contributed by atoms with E-state index in [0.717, 1.165) is 17.1 Å². The second-order valence-electron chi connectivity index (χ2n) is 16.2. The largest absolute Gasteiger partial charge is 0.310 e. The third-order valence-electron chi connectivity index (χ3n) is 12.6. The first-order valence-electron chi connectivity index (χ1n) is 19.1. The molecule has 54 heavy (non-hydrogen) atoms. The molecule has 0 radical (unpaired) electrons. The second kappa shape index (κ2) is 11.1. The van der Waals surface area contributed by atoms with Gasteiger partial charge in [-0.2, -0.15) is 0 Å². The summed E-state index contributed by atoms with van der Waals surface area (Å²) in [5.74, 6) is 0. The Morgan fingerprint density at radius 2 is 1.04 bits per heavy atom. The normalized spacial score (nSPS) is 14.6. The van der Waals surface area contributed by atoms with Gasteiger partial charge in [0.1, 0.15) is 0 Å². The molecule has 2 aliphatic rings. The minimum Gasteiger partial charge on any atom is -0.310 e. The van der Waals surface area contributed by atoms with Crippen molar-refractivity contribution in [3.63, 3.8) is 0 Å². The first-order chi connectivity index (χ1) is 26.3. The molecule has 258 valence electrons. The maximum Gasteiger partial charge on any atom is 0.0582 e. The lowest BCUT2D eigenvalue weighted by atomic mass is 9.75. The number of rotatable bonds is 4. The molecular formula is C52H40N2. The molecule has 2 heteroatoms. The number of hydrogen-bond acceptors (Lipinski definition) is 1. The number of hydrogen-bond donors (Lipinski definition) is 0. The highest BCUT2D eigenvalue weighted by atomic mass is 15.1. The van der Waals surface area contributed by atoms with Crippen molar-refractivity contribution in [3.8, 4) is 27.9 Å². The zero-order chi connectivity index (χ0) is 36.3. The van der Waals surface area contributed by atoms with Crippen LogP contribution in [0.1, 0.15) is 49.9 Å². The van der Waals surface area contributed by atoms with Crippen LogP contribution in [0.2, 0.25) is 0 Å². The third-order valence-corrected chi connectivity index (χ3v) is 12.6. The van der Waals surface area contributed by atoms with Gasteiger partial charge in [-0.3, -0.25) is 0 Å². The summed E-state index contributed by atoms with van der Waals surface area (Å²) in [4.78, 5) is 2.42. The van der Waals surface area contributed by atoms with E-state index in [2.05, 4.69) is 207 Å². The third kappa shape index (κ3) is 4.28. The summed E-state index contributed by atoms with van der Waals surface area (Å²) in [5.41, 5.74) is 17.8. The lowest BCUT2D eigenvalue weighted by molar-refractivity contribution is 0.630. The minimum atomic E-state index is -0.0826. The Bertz CT molecular complexity index is 2990. The van der Waals surface area contributed by atoms with Gasteiger partial charge in [0.2, 0.25) is 0 Å². The summed E-state index contributed by atoms with van der Waals surface area (Å²) in [6, 6.07) is 63.3. The zero-order valence-electron chi connectivity index (χ0n) is 31.1. The fraction of sp³-hybridized carbons (Fsp3) is 0.115. The SMILES string of the molecule is CC1(C)c2ccccc2-c2ccc(N(c3ccc(-c4ccc5c(c4)c4cccc6c4n5-c4ccccc4C6(C)C)cc3)c3ccc4ccccc4c3)cc21. The Morgan fingerprint density at radius 3 is 1.89 bits per heavy atom. The summed E-state index contributed by atoms with van der Waals surface area (Å²) in [5, 5.41) is 5.08. The number of para-hydroxylation sites is 2. The highest BCUT2D eigenvalue weighted by Crippen LogP contribution is 2.51. The summed E-state index contributed by atoms with van der Waals surface area (Å²) >= 11 is 0. The number of aromatic nitrogens is 1. The maximum absolute atomic E-state index is 2.49. The molecule has 1 aliphatic heterocycles. The van der Waals surface area contributed by atoms with Gasteiger partial charge in [-0.15, -0.1) is 0 Å². The van der Waals surface area contributed by atoms with Gasteiger partial charge in [0.05, 0.1) is 16.7 Å². The molecule has 0 bridgehead atoms. The van der Waals surface area contributed by atoms with E-state index in [1.54, 1.807) is 0 Å². The van der Waals surface area contributed by atoms with Crippen LogP contribution in [0.15, 0.2) is 170 Å². The van der Waals surface area contributed by atoms with Crippen LogP contribution in [0.25, 0.3) is 60.5 Å². The molecule has 0 fully saturated rings. The van der Waals surface area contributed by atoms with Gasteiger partial charge < -0.3 is 9.47 Å². The molecule has 2 heterocycles. The fourth-order valence-electron chi connectivity index (χ4n) is 9.74. The van der Waals surface area contributed by atoms with Crippen molar-refractivity contribution < 1.29 is 0 Å². The van der Waals surface area contributed by atoms with Gasteiger partial charge in [-0.1, -0.05) is 143 Å². The fourth-order valence-corrected chi connectivity index (χ4v) is 9.74. The van der Waals surface area contributed by atoms with Gasteiger partial charge in [-0.05, 0) is 110 Å². The highest BCUT2D eigenvalue weighted by molar-refractivity contribution is 6.12. The van der Waals surface area contributed by atoms with E-state index < -0.39 is 0 Å². The summed E-state index contributed by atoms with van der Waals surface area (Å²) in [6.07, 6.45) is 0. The Labute approximate surface area is 316 Å². The topological polar surface area (TPSA) is 8.17 Å². The van der Waals surface area contributed by atoms with Gasteiger partial charge in [0.25, 0.3) is 0 Å². The Hall–Kier alpha value is -6.38. The minimum absolute atomic E-state index is 0.0748. The zero-order valence-corrected chi connectivity index (χ0v) is 31.1. The molecule has 0 saturated carbocycles. The van der Waals surface area contributed by atoms with Crippen molar-refractivity contribution in [1.29, 1.82) is 0 Å². The Kier molecular flexibility index (Phi) is 6.39. The quantitative estimate of drug-likeness (QED) is 0.178. The van der Waals surface area contributed by atoms with Crippen LogP contribution in [0.5, 0.6) is 0 Å². The van der Waals surface area contributed by atoms with Crippen molar-refractivity contribution in [2.45, 2.75) is 38.5 Å². The van der Waals surface area contributed by atoms with E-state index in [0.29, 0.717) is 0 Å². The van der Waals surface area contributed by atoms with Gasteiger partial charge >= 0.3 is 0 Å². The van der Waals surface area contributed by atoms with Gasteiger partial charge in [0, 0.05) is 38.7 Å². The molecule has 8 aromatic carbocycles. The number of nitrogens with zero attached hydrogens (tertiary/aromatic N) is 2. The summed E-state index contributed by atoms with van der Waals surface area (Å²) in [6.45, 7) is 9.43. The Balaban J connectivity index is 1.04. The molecule has 0 atom stereocenters. The van der Waals surface area contributed by atoms with E-state index in [1.807, 2.05) is 0 Å². The van der Waals surface area contributed by atoms with E-state index in [9.17, 15) is 0 Å². The van der Waals surface area contributed by atoms with Gasteiger partial charge in [0.15, 0.2) is 0 Å². The van der Waals surface area contributed by atoms with Crippen molar-refractivity contribution in [1.82, 2.24) is 4.57 Å². The molecule has 1 aromatic heterocycles. The van der Waals surface area contributed by atoms with Crippen molar-refractivity contribution in [2.24, 2.45) is 0 Å².